The zero-order valence-electron chi connectivity index (χ0n) is 8.70. The summed E-state index contributed by atoms with van der Waals surface area (Å²) in [5.74, 6) is -3.08. The van der Waals surface area contributed by atoms with Crippen LogP contribution in [0, 0.1) is 6.92 Å². The molecule has 0 radical (unpaired) electrons. The summed E-state index contributed by atoms with van der Waals surface area (Å²) in [6.45, 7) is 1.75. The molecule has 2 rings (SSSR count). The summed E-state index contributed by atoms with van der Waals surface area (Å²) in [5, 5.41) is 2.49. The van der Waals surface area contributed by atoms with Crippen LogP contribution in [0.15, 0.2) is 12.4 Å². The van der Waals surface area contributed by atoms with Crippen LogP contribution < -0.4 is 5.32 Å². The van der Waals surface area contributed by atoms with Crippen molar-refractivity contribution in [2.24, 2.45) is 0 Å². The number of halogens is 2. The topological polar surface area (TPSA) is 54.9 Å². The molecule has 1 heterocycles. The van der Waals surface area contributed by atoms with Crippen LogP contribution in [-0.4, -0.2) is 27.8 Å². The minimum Gasteiger partial charge on any atom is -0.347 e. The second kappa shape index (κ2) is 3.77. The van der Waals surface area contributed by atoms with Gasteiger partial charge in [-0.05, 0) is 6.92 Å². The molecular formula is C10H11F2N3O. The van der Waals surface area contributed by atoms with Gasteiger partial charge in [-0.3, -0.25) is 9.78 Å². The first-order chi connectivity index (χ1) is 7.46. The summed E-state index contributed by atoms with van der Waals surface area (Å²) in [6.07, 6.45) is 2.21. The fourth-order valence-electron chi connectivity index (χ4n) is 1.53. The van der Waals surface area contributed by atoms with E-state index in [2.05, 4.69) is 15.3 Å². The van der Waals surface area contributed by atoms with Crippen molar-refractivity contribution in [2.45, 2.75) is 31.7 Å². The molecule has 1 aromatic heterocycles. The van der Waals surface area contributed by atoms with Gasteiger partial charge in [-0.25, -0.2) is 13.8 Å². The molecule has 6 heteroatoms. The smallest absolute Gasteiger partial charge is 0.271 e. The number of rotatable bonds is 2. The summed E-state index contributed by atoms with van der Waals surface area (Å²) in [5.41, 5.74) is 0.854. The highest BCUT2D eigenvalue weighted by Crippen LogP contribution is 2.37. The molecule has 0 spiro atoms. The van der Waals surface area contributed by atoms with Crippen molar-refractivity contribution in [2.75, 3.05) is 0 Å². The standard InChI is InChI=1S/C10H11F2N3O/c1-6-4-14-8(5-13-6)9(16)15-7-2-10(11,12)3-7/h4-5,7H,2-3H2,1H3,(H,15,16). The second-order valence-corrected chi connectivity index (χ2v) is 3.98. The summed E-state index contributed by atoms with van der Waals surface area (Å²) < 4.78 is 25.0. The molecule has 86 valence electrons. The Hall–Kier alpha value is -1.59. The number of aromatic nitrogens is 2. The van der Waals surface area contributed by atoms with Crippen LogP contribution in [0.2, 0.25) is 0 Å². The molecule has 0 saturated heterocycles. The van der Waals surface area contributed by atoms with Crippen molar-refractivity contribution in [3.05, 3.63) is 23.8 Å². The lowest BCUT2D eigenvalue weighted by Crippen LogP contribution is -2.50. The zero-order valence-corrected chi connectivity index (χ0v) is 8.70. The molecule has 0 unspecified atom stereocenters. The Balaban J connectivity index is 1.92. The summed E-state index contributed by atoms with van der Waals surface area (Å²) in [6, 6.07) is -0.453. The van der Waals surface area contributed by atoms with Crippen molar-refractivity contribution in [3.63, 3.8) is 0 Å². The fraction of sp³-hybridized carbons (Fsp3) is 0.500. The van der Waals surface area contributed by atoms with E-state index in [0.717, 1.165) is 0 Å². The Morgan fingerprint density at radius 2 is 2.12 bits per heavy atom. The maximum atomic E-state index is 12.5. The quantitative estimate of drug-likeness (QED) is 0.828. The average molecular weight is 227 g/mol. The molecule has 0 aliphatic heterocycles. The van der Waals surface area contributed by atoms with E-state index in [9.17, 15) is 13.6 Å². The maximum Gasteiger partial charge on any atom is 0.271 e. The predicted octanol–water partition coefficient (Wildman–Crippen LogP) is 1.31. The lowest BCUT2D eigenvalue weighted by atomic mass is 9.88. The number of nitrogens with zero attached hydrogens (tertiary/aromatic N) is 2. The minimum atomic E-state index is -2.63. The number of carbonyl (C=O) groups is 1. The van der Waals surface area contributed by atoms with Crippen molar-refractivity contribution >= 4 is 5.91 Å². The Kier molecular flexibility index (Phi) is 2.57. The van der Waals surface area contributed by atoms with E-state index in [0.29, 0.717) is 5.69 Å². The molecule has 1 fully saturated rings. The highest BCUT2D eigenvalue weighted by Gasteiger charge is 2.46. The third kappa shape index (κ3) is 2.32. The van der Waals surface area contributed by atoms with Gasteiger partial charge in [0.15, 0.2) is 0 Å². The first-order valence-corrected chi connectivity index (χ1v) is 4.94. The predicted molar refractivity (Wildman–Crippen MR) is 52.2 cm³/mol. The monoisotopic (exact) mass is 227 g/mol. The Bertz CT molecular complexity index is 397. The molecule has 0 aromatic carbocycles. The van der Waals surface area contributed by atoms with Gasteiger partial charge >= 0.3 is 0 Å². The molecule has 1 aliphatic rings. The van der Waals surface area contributed by atoms with Crippen molar-refractivity contribution < 1.29 is 13.6 Å². The first kappa shape index (κ1) is 10.9. The molecular weight excluding hydrogens is 216 g/mol. The van der Waals surface area contributed by atoms with Gasteiger partial charge in [-0.2, -0.15) is 0 Å². The zero-order chi connectivity index (χ0) is 11.8. The van der Waals surface area contributed by atoms with Gasteiger partial charge < -0.3 is 5.32 Å². The highest BCUT2D eigenvalue weighted by atomic mass is 19.3. The third-order valence-electron chi connectivity index (χ3n) is 2.44. The summed E-state index contributed by atoms with van der Waals surface area (Å²) in [4.78, 5) is 19.3. The van der Waals surface area contributed by atoms with Crippen molar-refractivity contribution in [1.82, 2.24) is 15.3 Å². The number of aryl methyl sites for hydroxylation is 1. The molecule has 1 N–H and O–H groups in total. The Labute approximate surface area is 91.1 Å². The van der Waals surface area contributed by atoms with Crippen LogP contribution in [-0.2, 0) is 0 Å². The van der Waals surface area contributed by atoms with Crippen molar-refractivity contribution in [3.8, 4) is 0 Å². The fourth-order valence-corrected chi connectivity index (χ4v) is 1.53. The number of nitrogens with one attached hydrogen (secondary N) is 1. The lowest BCUT2D eigenvalue weighted by Gasteiger charge is -2.35. The average Bonchev–Trinajstić information content (AvgIpc) is 2.15. The van der Waals surface area contributed by atoms with Crippen LogP contribution in [0.25, 0.3) is 0 Å². The third-order valence-corrected chi connectivity index (χ3v) is 2.44. The summed E-state index contributed by atoms with van der Waals surface area (Å²) >= 11 is 0. The Morgan fingerprint density at radius 1 is 1.44 bits per heavy atom. The van der Waals surface area contributed by atoms with Gasteiger partial charge in [0, 0.05) is 25.1 Å². The van der Waals surface area contributed by atoms with Crippen molar-refractivity contribution in [1.29, 1.82) is 0 Å². The van der Waals surface area contributed by atoms with Crippen LogP contribution >= 0.6 is 0 Å². The Morgan fingerprint density at radius 3 is 2.62 bits per heavy atom. The van der Waals surface area contributed by atoms with Gasteiger partial charge in [-0.15, -0.1) is 0 Å². The van der Waals surface area contributed by atoms with Gasteiger partial charge in [0.2, 0.25) is 0 Å². The van der Waals surface area contributed by atoms with E-state index < -0.39 is 17.9 Å². The van der Waals surface area contributed by atoms with Crippen LogP contribution in [0.4, 0.5) is 8.78 Å². The largest absolute Gasteiger partial charge is 0.347 e. The number of carbonyl (C=O) groups excluding carboxylic acids is 1. The molecule has 1 amide bonds. The summed E-state index contributed by atoms with van der Waals surface area (Å²) in [7, 11) is 0. The molecule has 1 aliphatic carbocycles. The van der Waals surface area contributed by atoms with Crippen LogP contribution in [0.5, 0.6) is 0 Å². The number of hydrogen-bond acceptors (Lipinski definition) is 3. The van der Waals surface area contributed by atoms with Crippen LogP contribution in [0.3, 0.4) is 0 Å². The van der Waals surface area contributed by atoms with Gasteiger partial charge in [0.25, 0.3) is 11.8 Å². The lowest BCUT2D eigenvalue weighted by molar-refractivity contribution is -0.0901. The molecule has 16 heavy (non-hydrogen) atoms. The van der Waals surface area contributed by atoms with E-state index in [1.807, 2.05) is 0 Å². The molecule has 4 nitrogen and oxygen atoms in total. The van der Waals surface area contributed by atoms with E-state index >= 15 is 0 Å². The highest BCUT2D eigenvalue weighted by molar-refractivity contribution is 5.92. The van der Waals surface area contributed by atoms with E-state index in [1.165, 1.54) is 12.4 Å². The van der Waals surface area contributed by atoms with E-state index in [1.54, 1.807) is 6.92 Å². The molecule has 0 bridgehead atoms. The maximum absolute atomic E-state index is 12.5. The van der Waals surface area contributed by atoms with Gasteiger partial charge in [0.05, 0.1) is 11.9 Å². The number of hydrogen-bond donors (Lipinski definition) is 1. The van der Waals surface area contributed by atoms with E-state index in [4.69, 9.17) is 0 Å². The molecule has 1 aromatic rings. The second-order valence-electron chi connectivity index (χ2n) is 3.98. The van der Waals surface area contributed by atoms with Gasteiger partial charge in [-0.1, -0.05) is 0 Å². The molecule has 0 atom stereocenters. The molecule has 1 saturated carbocycles. The number of amides is 1. The van der Waals surface area contributed by atoms with Gasteiger partial charge in [0.1, 0.15) is 5.69 Å². The van der Waals surface area contributed by atoms with E-state index in [-0.39, 0.29) is 18.5 Å². The normalized spacial score (nSPS) is 18.9. The number of alkyl halides is 2. The first-order valence-electron chi connectivity index (χ1n) is 4.94. The minimum absolute atomic E-state index is 0.154. The van der Waals surface area contributed by atoms with Crippen LogP contribution in [0.1, 0.15) is 29.0 Å². The SMILES string of the molecule is Cc1cnc(C(=O)NC2CC(F)(F)C2)cn1.